The lowest BCUT2D eigenvalue weighted by Gasteiger charge is -2.35. The summed E-state index contributed by atoms with van der Waals surface area (Å²) in [7, 11) is 0. The number of alkyl halides is 6. The SMILES string of the molecule is CC1CC2CC(CCC(O)(C(F)(F)F)C(F)(F)F)C1C2. The number of hydrogen-bond donors (Lipinski definition) is 1. The van der Waals surface area contributed by atoms with Crippen LogP contribution in [0.4, 0.5) is 26.3 Å². The van der Waals surface area contributed by atoms with E-state index < -0.39 is 24.4 Å². The molecule has 0 aromatic heterocycles. The normalized spacial score (nSPS) is 34.8. The van der Waals surface area contributed by atoms with Crippen molar-refractivity contribution in [2.75, 3.05) is 0 Å². The van der Waals surface area contributed by atoms with E-state index in [-0.39, 0.29) is 18.3 Å². The van der Waals surface area contributed by atoms with Crippen LogP contribution in [0, 0.1) is 23.7 Å². The average Bonchev–Trinajstić information content (AvgIpc) is 2.80. The van der Waals surface area contributed by atoms with Crippen molar-refractivity contribution < 1.29 is 31.4 Å². The Bertz CT molecular complexity index is 347. The Morgan fingerprint density at radius 3 is 1.90 bits per heavy atom. The molecule has 0 aromatic rings. The van der Waals surface area contributed by atoms with Crippen molar-refractivity contribution in [2.45, 2.75) is 57.0 Å². The minimum Gasteiger partial charge on any atom is -0.374 e. The highest BCUT2D eigenvalue weighted by Gasteiger charge is 2.70. The maximum Gasteiger partial charge on any atom is 0.426 e. The van der Waals surface area contributed by atoms with Gasteiger partial charge in [0.25, 0.3) is 5.60 Å². The van der Waals surface area contributed by atoms with E-state index in [1.54, 1.807) is 0 Å². The Kier molecular flexibility index (Phi) is 3.81. The fourth-order valence-corrected chi connectivity index (χ4v) is 4.04. The third kappa shape index (κ3) is 2.53. The summed E-state index contributed by atoms with van der Waals surface area (Å²) < 4.78 is 75.4. The molecule has 1 N–H and O–H groups in total. The van der Waals surface area contributed by atoms with Crippen LogP contribution in [0.25, 0.3) is 0 Å². The van der Waals surface area contributed by atoms with Gasteiger partial charge in [0.05, 0.1) is 0 Å². The molecule has 20 heavy (non-hydrogen) atoms. The monoisotopic (exact) mass is 304 g/mol. The lowest BCUT2D eigenvalue weighted by Crippen LogP contribution is -2.57. The summed E-state index contributed by atoms with van der Waals surface area (Å²) in [6.45, 7) is 2.00. The minimum absolute atomic E-state index is 0.125. The van der Waals surface area contributed by atoms with Crippen LogP contribution in [0.3, 0.4) is 0 Å². The van der Waals surface area contributed by atoms with E-state index in [9.17, 15) is 26.3 Å². The molecule has 0 aromatic carbocycles. The molecule has 0 spiro atoms. The van der Waals surface area contributed by atoms with Crippen LogP contribution in [-0.2, 0) is 0 Å². The van der Waals surface area contributed by atoms with Crippen LogP contribution < -0.4 is 0 Å². The summed E-state index contributed by atoms with van der Waals surface area (Å²) in [5.41, 5.74) is -4.58. The molecule has 7 heteroatoms. The Morgan fingerprint density at radius 1 is 0.950 bits per heavy atom. The van der Waals surface area contributed by atoms with Gasteiger partial charge < -0.3 is 5.11 Å². The highest BCUT2D eigenvalue weighted by Crippen LogP contribution is 2.55. The van der Waals surface area contributed by atoms with Gasteiger partial charge in [-0.3, -0.25) is 0 Å². The van der Waals surface area contributed by atoms with E-state index in [0.29, 0.717) is 18.3 Å². The van der Waals surface area contributed by atoms with Crippen molar-refractivity contribution >= 4 is 0 Å². The second kappa shape index (κ2) is 4.78. The Labute approximate surface area is 113 Å². The Hall–Kier alpha value is -0.460. The molecule has 0 saturated heterocycles. The molecule has 4 atom stereocenters. The van der Waals surface area contributed by atoms with Crippen molar-refractivity contribution in [3.05, 3.63) is 0 Å². The van der Waals surface area contributed by atoms with Crippen molar-refractivity contribution in [3.8, 4) is 0 Å². The van der Waals surface area contributed by atoms with Crippen LogP contribution in [0.2, 0.25) is 0 Å². The van der Waals surface area contributed by atoms with Gasteiger partial charge in [-0.05, 0) is 55.8 Å². The van der Waals surface area contributed by atoms with Crippen LogP contribution >= 0.6 is 0 Å². The molecule has 118 valence electrons. The van der Waals surface area contributed by atoms with E-state index >= 15 is 0 Å². The molecular formula is C13H18F6O. The standard InChI is InChI=1S/C13H18F6O/c1-7-4-8-5-9(10(7)6-8)2-3-11(20,12(14,15)16)13(17,18)19/h7-10,20H,2-6H2,1H3. The zero-order valence-corrected chi connectivity index (χ0v) is 11.1. The third-order valence-electron chi connectivity index (χ3n) is 5.10. The molecule has 0 amide bonds. The van der Waals surface area contributed by atoms with Crippen molar-refractivity contribution in [1.82, 2.24) is 0 Å². The number of aliphatic hydroxyl groups is 1. The molecule has 2 aliphatic carbocycles. The highest BCUT2D eigenvalue weighted by atomic mass is 19.4. The van der Waals surface area contributed by atoms with E-state index in [1.165, 1.54) is 0 Å². The first-order valence-electron chi connectivity index (χ1n) is 6.81. The largest absolute Gasteiger partial charge is 0.426 e. The molecule has 2 aliphatic rings. The molecule has 2 rings (SSSR count). The molecule has 2 bridgehead atoms. The van der Waals surface area contributed by atoms with E-state index in [1.807, 2.05) is 6.92 Å². The first kappa shape index (κ1) is 15.9. The Morgan fingerprint density at radius 2 is 1.50 bits per heavy atom. The molecule has 2 saturated carbocycles. The average molecular weight is 304 g/mol. The van der Waals surface area contributed by atoms with Gasteiger partial charge in [0.1, 0.15) is 0 Å². The van der Waals surface area contributed by atoms with Gasteiger partial charge in [-0.25, -0.2) is 0 Å². The van der Waals surface area contributed by atoms with Crippen LogP contribution in [0.1, 0.15) is 39.0 Å². The zero-order valence-electron chi connectivity index (χ0n) is 11.1. The second-order valence-corrected chi connectivity index (χ2v) is 6.37. The molecule has 0 radical (unpaired) electrons. The lowest BCUT2D eigenvalue weighted by atomic mass is 9.77. The summed E-state index contributed by atoms with van der Waals surface area (Å²) in [6.07, 6.45) is -10.3. The smallest absolute Gasteiger partial charge is 0.374 e. The van der Waals surface area contributed by atoms with E-state index in [2.05, 4.69) is 0 Å². The van der Waals surface area contributed by atoms with Crippen molar-refractivity contribution in [3.63, 3.8) is 0 Å². The van der Waals surface area contributed by atoms with Gasteiger partial charge in [-0.15, -0.1) is 0 Å². The summed E-state index contributed by atoms with van der Waals surface area (Å²) in [5.74, 6) is 0.888. The van der Waals surface area contributed by atoms with Crippen LogP contribution in [0.15, 0.2) is 0 Å². The topological polar surface area (TPSA) is 20.2 Å². The van der Waals surface area contributed by atoms with E-state index in [0.717, 1.165) is 12.8 Å². The van der Waals surface area contributed by atoms with Gasteiger partial charge >= 0.3 is 12.4 Å². The molecular weight excluding hydrogens is 286 g/mol. The number of fused-ring (bicyclic) bond motifs is 2. The van der Waals surface area contributed by atoms with Gasteiger partial charge in [-0.1, -0.05) is 6.92 Å². The zero-order chi connectivity index (χ0) is 15.3. The first-order valence-corrected chi connectivity index (χ1v) is 6.81. The maximum atomic E-state index is 12.6. The van der Waals surface area contributed by atoms with Gasteiger partial charge in [-0.2, -0.15) is 26.3 Å². The lowest BCUT2D eigenvalue weighted by molar-refractivity contribution is -0.370. The van der Waals surface area contributed by atoms with Gasteiger partial charge in [0.2, 0.25) is 0 Å². The number of halogens is 6. The molecule has 4 unspecified atom stereocenters. The molecule has 2 fully saturated rings. The maximum absolute atomic E-state index is 12.6. The summed E-state index contributed by atoms with van der Waals surface area (Å²) in [6, 6.07) is 0. The highest BCUT2D eigenvalue weighted by molar-refractivity contribution is 4.98. The Balaban J connectivity index is 2.04. The first-order chi connectivity index (χ1) is 8.96. The predicted molar refractivity (Wildman–Crippen MR) is 59.8 cm³/mol. The third-order valence-corrected chi connectivity index (χ3v) is 5.10. The second-order valence-electron chi connectivity index (χ2n) is 6.37. The summed E-state index contributed by atoms with van der Waals surface area (Å²) >= 11 is 0. The van der Waals surface area contributed by atoms with Crippen molar-refractivity contribution in [1.29, 1.82) is 0 Å². The predicted octanol–water partition coefficient (Wildman–Crippen LogP) is 4.30. The van der Waals surface area contributed by atoms with Gasteiger partial charge in [0, 0.05) is 0 Å². The summed E-state index contributed by atoms with van der Waals surface area (Å²) in [5, 5.41) is 9.13. The fraction of sp³-hybridized carbons (Fsp3) is 1.00. The minimum atomic E-state index is -5.69. The van der Waals surface area contributed by atoms with E-state index in [4.69, 9.17) is 5.11 Å². The molecule has 0 aliphatic heterocycles. The molecule has 0 heterocycles. The quantitative estimate of drug-likeness (QED) is 0.771. The fourth-order valence-electron chi connectivity index (χ4n) is 4.04. The number of hydrogen-bond acceptors (Lipinski definition) is 1. The van der Waals surface area contributed by atoms with Crippen molar-refractivity contribution in [2.24, 2.45) is 23.7 Å². The van der Waals surface area contributed by atoms with Crippen LogP contribution in [0.5, 0.6) is 0 Å². The van der Waals surface area contributed by atoms with Crippen LogP contribution in [-0.4, -0.2) is 23.1 Å². The number of rotatable bonds is 3. The molecule has 1 nitrogen and oxygen atoms in total. The van der Waals surface area contributed by atoms with Gasteiger partial charge in [0.15, 0.2) is 0 Å². The summed E-state index contributed by atoms with van der Waals surface area (Å²) in [4.78, 5) is 0.